The van der Waals surface area contributed by atoms with Gasteiger partial charge >= 0.3 is 5.97 Å². The highest BCUT2D eigenvalue weighted by Crippen LogP contribution is 2.33. The first-order valence-corrected chi connectivity index (χ1v) is 7.14. The Kier molecular flexibility index (Phi) is 5.15. The van der Waals surface area contributed by atoms with E-state index in [-0.39, 0.29) is 10.5 Å². The van der Waals surface area contributed by atoms with Gasteiger partial charge in [0.1, 0.15) is 5.82 Å². The second-order valence-corrected chi connectivity index (χ2v) is 7.23. The first-order chi connectivity index (χ1) is 8.60. The van der Waals surface area contributed by atoms with E-state index in [1.54, 1.807) is 0 Å². The number of hydrogen-bond donors (Lipinski definition) is 1. The number of halogens is 2. The predicted octanol–water partition coefficient (Wildman–Crippen LogP) is 4.34. The molecule has 0 amide bonds. The lowest BCUT2D eigenvalue weighted by atomic mass is 9.93. The zero-order valence-corrected chi connectivity index (χ0v) is 13.2. The Morgan fingerprint density at radius 1 is 1.37 bits per heavy atom. The summed E-state index contributed by atoms with van der Waals surface area (Å²) in [5, 5.41) is 8.77. The molecular weight excluding hydrogens is 335 g/mol. The van der Waals surface area contributed by atoms with Crippen molar-refractivity contribution < 1.29 is 19.1 Å². The van der Waals surface area contributed by atoms with Crippen LogP contribution in [0.15, 0.2) is 21.5 Å². The smallest absolute Gasteiger partial charge is 0.338 e. The molecule has 0 fully saturated rings. The molecule has 1 N–H and O–H groups in total. The van der Waals surface area contributed by atoms with Crippen LogP contribution in [0.3, 0.4) is 0 Å². The molecule has 0 heterocycles. The quantitative estimate of drug-likeness (QED) is 0.825. The average molecular weight is 349 g/mol. The summed E-state index contributed by atoms with van der Waals surface area (Å²) in [6.07, 6.45) is 0.351. The van der Waals surface area contributed by atoms with Crippen LogP contribution in [0, 0.1) is 11.2 Å². The summed E-state index contributed by atoms with van der Waals surface area (Å²) in [6.45, 7) is 5.82. The standard InChI is InChI=1S/C13H14BrFO3S/c1-13(2,3)6-11(16)19-10-4-7(12(17)18)9(15)5-8(10)14/h4-5H,6H2,1-3H3,(H,17,18). The Bertz CT molecular complexity index is 523. The second kappa shape index (κ2) is 6.05. The molecule has 0 saturated carbocycles. The number of carboxylic acid groups (broad SMARTS) is 1. The van der Waals surface area contributed by atoms with Crippen LogP contribution in [0.1, 0.15) is 37.6 Å². The number of rotatable bonds is 3. The van der Waals surface area contributed by atoms with Crippen molar-refractivity contribution in [1.29, 1.82) is 0 Å². The Hall–Kier alpha value is -0.880. The molecule has 0 unspecified atom stereocenters. The fourth-order valence-corrected chi connectivity index (χ4v) is 3.00. The summed E-state index contributed by atoms with van der Waals surface area (Å²) >= 11 is 4.05. The van der Waals surface area contributed by atoms with Gasteiger partial charge in [-0.15, -0.1) is 0 Å². The lowest BCUT2D eigenvalue weighted by Crippen LogP contribution is -2.10. The summed E-state index contributed by atoms with van der Waals surface area (Å²) in [5.74, 6) is -2.18. The van der Waals surface area contributed by atoms with Crippen LogP contribution in [0.2, 0.25) is 0 Å². The van der Waals surface area contributed by atoms with Crippen molar-refractivity contribution in [3.8, 4) is 0 Å². The minimum Gasteiger partial charge on any atom is -0.478 e. The minimum atomic E-state index is -1.35. The van der Waals surface area contributed by atoms with E-state index in [1.807, 2.05) is 20.8 Å². The minimum absolute atomic E-state index is 0.0869. The molecule has 0 bridgehead atoms. The molecule has 1 aromatic carbocycles. The number of benzene rings is 1. The van der Waals surface area contributed by atoms with Crippen LogP contribution < -0.4 is 0 Å². The van der Waals surface area contributed by atoms with Crippen molar-refractivity contribution in [3.05, 3.63) is 28.0 Å². The highest BCUT2D eigenvalue weighted by atomic mass is 79.9. The van der Waals surface area contributed by atoms with Gasteiger partial charge in [-0.3, -0.25) is 4.79 Å². The molecule has 0 spiro atoms. The molecule has 19 heavy (non-hydrogen) atoms. The maximum atomic E-state index is 13.4. The fourth-order valence-electron chi connectivity index (χ4n) is 1.36. The highest BCUT2D eigenvalue weighted by Gasteiger charge is 2.20. The Labute approximate surface area is 123 Å². The van der Waals surface area contributed by atoms with Gasteiger partial charge in [0.2, 0.25) is 0 Å². The van der Waals surface area contributed by atoms with Gasteiger partial charge in [0.15, 0.2) is 5.12 Å². The number of carbonyl (C=O) groups excluding carboxylic acids is 1. The Balaban J connectivity index is 2.99. The van der Waals surface area contributed by atoms with Gasteiger partial charge in [0.05, 0.1) is 5.56 Å². The molecule has 0 saturated heterocycles. The molecule has 0 aliphatic heterocycles. The van der Waals surface area contributed by atoms with Gasteiger partial charge < -0.3 is 5.11 Å². The third-order valence-corrected chi connectivity index (χ3v) is 4.00. The number of carbonyl (C=O) groups is 2. The van der Waals surface area contributed by atoms with Gasteiger partial charge in [-0.25, -0.2) is 9.18 Å². The maximum Gasteiger partial charge on any atom is 0.338 e. The fraction of sp³-hybridized carbons (Fsp3) is 0.385. The molecular formula is C13H14BrFO3S. The van der Waals surface area contributed by atoms with E-state index in [4.69, 9.17) is 5.11 Å². The topological polar surface area (TPSA) is 54.4 Å². The molecule has 1 aromatic rings. The van der Waals surface area contributed by atoms with Crippen molar-refractivity contribution in [3.63, 3.8) is 0 Å². The summed E-state index contributed by atoms with van der Waals surface area (Å²) in [7, 11) is 0. The van der Waals surface area contributed by atoms with Gasteiger partial charge in [0.25, 0.3) is 0 Å². The Morgan fingerprint density at radius 2 is 1.95 bits per heavy atom. The third kappa shape index (κ3) is 4.95. The van der Waals surface area contributed by atoms with Crippen molar-refractivity contribution in [2.45, 2.75) is 32.1 Å². The first kappa shape index (κ1) is 16.2. The molecule has 0 aromatic heterocycles. The van der Waals surface area contributed by atoms with Crippen molar-refractivity contribution in [2.75, 3.05) is 0 Å². The largest absolute Gasteiger partial charge is 0.478 e. The predicted molar refractivity (Wildman–Crippen MR) is 76.0 cm³/mol. The maximum absolute atomic E-state index is 13.4. The van der Waals surface area contributed by atoms with Gasteiger partial charge in [0, 0.05) is 15.8 Å². The lowest BCUT2D eigenvalue weighted by Gasteiger charge is -2.16. The summed E-state index contributed by atoms with van der Waals surface area (Å²) in [6, 6.07) is 2.24. The molecule has 6 heteroatoms. The van der Waals surface area contributed by atoms with E-state index in [2.05, 4.69) is 15.9 Å². The zero-order chi connectivity index (χ0) is 14.8. The van der Waals surface area contributed by atoms with E-state index in [9.17, 15) is 14.0 Å². The summed E-state index contributed by atoms with van der Waals surface area (Å²) in [5.41, 5.74) is -0.582. The first-order valence-electron chi connectivity index (χ1n) is 5.53. The van der Waals surface area contributed by atoms with Gasteiger partial charge in [-0.1, -0.05) is 32.5 Å². The van der Waals surface area contributed by atoms with Crippen LogP contribution in [0.25, 0.3) is 0 Å². The average Bonchev–Trinajstić information content (AvgIpc) is 2.18. The van der Waals surface area contributed by atoms with Crippen LogP contribution in [-0.2, 0) is 4.79 Å². The second-order valence-electron chi connectivity index (χ2n) is 5.28. The molecule has 0 atom stereocenters. The van der Waals surface area contributed by atoms with Crippen LogP contribution in [-0.4, -0.2) is 16.2 Å². The van der Waals surface area contributed by atoms with Crippen molar-refractivity contribution in [2.24, 2.45) is 5.41 Å². The number of aromatic carboxylic acids is 1. The highest BCUT2D eigenvalue weighted by molar-refractivity contribution is 9.10. The molecule has 1 rings (SSSR count). The Morgan fingerprint density at radius 3 is 2.42 bits per heavy atom. The van der Waals surface area contributed by atoms with E-state index in [1.165, 1.54) is 6.07 Å². The number of carboxylic acids is 1. The van der Waals surface area contributed by atoms with E-state index >= 15 is 0 Å². The SMILES string of the molecule is CC(C)(C)CC(=O)Sc1cc(C(=O)O)c(F)cc1Br. The molecule has 0 radical (unpaired) electrons. The van der Waals surface area contributed by atoms with E-state index in [0.717, 1.165) is 17.8 Å². The molecule has 0 aliphatic carbocycles. The van der Waals surface area contributed by atoms with Crippen LogP contribution in [0.4, 0.5) is 4.39 Å². The molecule has 0 aliphatic rings. The van der Waals surface area contributed by atoms with Crippen molar-refractivity contribution >= 4 is 38.8 Å². The zero-order valence-electron chi connectivity index (χ0n) is 10.8. The van der Waals surface area contributed by atoms with Crippen molar-refractivity contribution in [1.82, 2.24) is 0 Å². The lowest BCUT2D eigenvalue weighted by molar-refractivity contribution is -0.112. The third-order valence-electron chi connectivity index (χ3n) is 2.15. The number of hydrogen-bond acceptors (Lipinski definition) is 3. The molecule has 3 nitrogen and oxygen atoms in total. The van der Waals surface area contributed by atoms with Gasteiger partial charge in [-0.05, 0) is 33.5 Å². The molecule has 104 valence electrons. The van der Waals surface area contributed by atoms with E-state index in [0.29, 0.717) is 15.8 Å². The number of thioether (sulfide) groups is 1. The van der Waals surface area contributed by atoms with Gasteiger partial charge in [-0.2, -0.15) is 0 Å². The van der Waals surface area contributed by atoms with Crippen LogP contribution in [0.5, 0.6) is 0 Å². The monoisotopic (exact) mass is 348 g/mol. The normalized spacial score (nSPS) is 11.4. The summed E-state index contributed by atoms with van der Waals surface area (Å²) in [4.78, 5) is 23.1. The van der Waals surface area contributed by atoms with Crippen LogP contribution >= 0.6 is 27.7 Å². The van der Waals surface area contributed by atoms with E-state index < -0.39 is 17.3 Å². The summed E-state index contributed by atoms with van der Waals surface area (Å²) < 4.78 is 13.8.